The number of nitrogens with zero attached hydrogens (tertiary/aromatic N) is 14. The van der Waals surface area contributed by atoms with E-state index in [4.69, 9.17) is 64.6 Å². The van der Waals surface area contributed by atoms with Crippen LogP contribution in [0.15, 0.2) is 69.0 Å². The van der Waals surface area contributed by atoms with Crippen LogP contribution in [0.3, 0.4) is 0 Å². The summed E-state index contributed by atoms with van der Waals surface area (Å²) in [5, 5.41) is 38.0. The predicted molar refractivity (Wildman–Crippen MR) is 433 cm³/mol. The van der Waals surface area contributed by atoms with Crippen molar-refractivity contribution >= 4 is 53.4 Å². The number of carbonyl (C=O) groups excluding carboxylic acids is 4. The Hall–Kier alpha value is -7.07. The lowest BCUT2D eigenvalue weighted by atomic mass is 9.64. The Balaban J connectivity index is 0.000000222. The normalized spacial score (nSPS) is 20.7. The number of nitrogens with one attached hydrogen (secondary N) is 4. The van der Waals surface area contributed by atoms with E-state index in [1.165, 1.54) is 141 Å². The molecule has 4 amide bonds. The second kappa shape index (κ2) is 45.6. The molecule has 29 heteroatoms. The molecule has 2 aromatic rings. The third-order valence-electron chi connectivity index (χ3n) is 24.0. The van der Waals surface area contributed by atoms with Crippen molar-refractivity contribution in [1.82, 2.24) is 31.1 Å². The van der Waals surface area contributed by atoms with Crippen LogP contribution in [0, 0.1) is 45.3 Å². The van der Waals surface area contributed by atoms with E-state index >= 15 is 0 Å². The zero-order chi connectivity index (χ0) is 80.3. The van der Waals surface area contributed by atoms with Gasteiger partial charge in [-0.05, 0) is 294 Å². The number of rotatable bonds is 20. The summed E-state index contributed by atoms with van der Waals surface area (Å²) in [5.74, 6) is 1.52. The van der Waals surface area contributed by atoms with Gasteiger partial charge in [-0.15, -0.1) is 0 Å². The zero-order valence-electron chi connectivity index (χ0n) is 67.5. The van der Waals surface area contributed by atoms with Crippen LogP contribution in [-0.2, 0) is 36.6 Å². The van der Waals surface area contributed by atoms with Gasteiger partial charge in [-0.1, -0.05) is 145 Å². The van der Waals surface area contributed by atoms with E-state index in [1.54, 1.807) is 77.9 Å². The van der Waals surface area contributed by atoms with Crippen molar-refractivity contribution in [2.24, 2.45) is 65.8 Å². The minimum absolute atomic E-state index is 0.0479. The molecule has 4 saturated carbocycles. The van der Waals surface area contributed by atoms with E-state index in [0.717, 1.165) is 101 Å². The van der Waals surface area contributed by atoms with Crippen molar-refractivity contribution in [3.05, 3.63) is 111 Å². The number of likely N-dealkylation sites (tertiary alicyclic amines) is 2. The van der Waals surface area contributed by atoms with Crippen LogP contribution in [0.4, 0.5) is 14.4 Å². The first-order valence-corrected chi connectivity index (χ1v) is 41.6. The Labute approximate surface area is 663 Å². The van der Waals surface area contributed by atoms with Gasteiger partial charge in [0, 0.05) is 94.9 Å². The molecule has 110 heavy (non-hydrogen) atoms. The number of aliphatic carboxylic acids is 1. The lowest BCUT2D eigenvalue weighted by Crippen LogP contribution is -2.55. The molecule has 5 N–H and O–H groups in total. The monoisotopic (exact) mass is 1570 g/mol. The molecule has 0 aromatic heterocycles. The molecular formula is C81H130Cl2N18O9. The van der Waals surface area contributed by atoms with Gasteiger partial charge in [0.2, 0.25) is 5.91 Å². The molecule has 10 rings (SSSR count). The van der Waals surface area contributed by atoms with Gasteiger partial charge in [0.15, 0.2) is 0 Å². The van der Waals surface area contributed by atoms with E-state index in [0.29, 0.717) is 78.4 Å². The Bertz CT molecular complexity index is 3290. The topological polar surface area (TPSA) is 383 Å². The molecule has 0 radical (unpaired) electrons. The quantitative estimate of drug-likeness (QED) is 0.0359. The van der Waals surface area contributed by atoms with Gasteiger partial charge < -0.3 is 50.4 Å². The number of amides is 4. The first kappa shape index (κ1) is 91.8. The van der Waals surface area contributed by atoms with Crippen molar-refractivity contribution in [1.29, 1.82) is 0 Å². The highest BCUT2D eigenvalue weighted by Gasteiger charge is 2.46. The molecule has 0 bridgehead atoms. The van der Waals surface area contributed by atoms with Crippen molar-refractivity contribution in [2.75, 3.05) is 78.5 Å². The summed E-state index contributed by atoms with van der Waals surface area (Å²) >= 11 is 11.8. The molecule has 4 heterocycles. The van der Waals surface area contributed by atoms with Crippen LogP contribution in [0.25, 0.3) is 41.8 Å². The molecule has 8 fully saturated rings. The van der Waals surface area contributed by atoms with Crippen LogP contribution in [-0.4, -0.2) is 152 Å². The maximum Gasteiger partial charge on any atom is 0.410 e. The second-order valence-electron chi connectivity index (χ2n) is 35.0. The lowest BCUT2D eigenvalue weighted by molar-refractivity contribution is -0.139. The second-order valence-corrected chi connectivity index (χ2v) is 35.9. The molecule has 27 nitrogen and oxygen atoms in total. The van der Waals surface area contributed by atoms with Crippen LogP contribution in [0.2, 0.25) is 10.0 Å². The predicted octanol–water partition coefficient (Wildman–Crippen LogP) is 20.5. The molecule has 4 saturated heterocycles. The fraction of sp³-hybridized carbons (Fsp3) is 0.790. The van der Waals surface area contributed by atoms with E-state index in [2.05, 4.69) is 61.4 Å². The first-order valence-electron chi connectivity index (χ1n) is 40.8. The van der Waals surface area contributed by atoms with Crippen LogP contribution in [0.1, 0.15) is 253 Å². The summed E-state index contributed by atoms with van der Waals surface area (Å²) in [5.41, 5.74) is 35.4. The minimum Gasteiger partial charge on any atom is -0.480 e. The summed E-state index contributed by atoms with van der Waals surface area (Å²) < 4.78 is 15.9. The summed E-state index contributed by atoms with van der Waals surface area (Å²) in [6.07, 6.45) is 33.1. The first-order chi connectivity index (χ1) is 52.4. The van der Waals surface area contributed by atoms with Crippen molar-refractivity contribution in [3.63, 3.8) is 0 Å². The number of ether oxygens (including phenoxy) is 3. The Kier molecular flexibility index (Phi) is 38.0. The maximum absolute atomic E-state index is 13.6. The number of halogens is 2. The fourth-order valence-electron chi connectivity index (χ4n) is 18.0. The fourth-order valence-corrected chi connectivity index (χ4v) is 18.3. The maximum atomic E-state index is 13.6. The number of carbonyl (C=O) groups is 5. The lowest BCUT2D eigenvalue weighted by Gasteiger charge is -2.48. The molecule has 2 aromatic carbocycles. The molecule has 4 aliphatic heterocycles. The molecule has 0 unspecified atom stereocenters. The van der Waals surface area contributed by atoms with Gasteiger partial charge in [0.1, 0.15) is 28.9 Å². The largest absolute Gasteiger partial charge is 0.480 e. The molecule has 4 aliphatic carbocycles. The van der Waals surface area contributed by atoms with E-state index < -0.39 is 47.0 Å². The smallest absolute Gasteiger partial charge is 0.410 e. The van der Waals surface area contributed by atoms with Gasteiger partial charge in [-0.25, -0.2) is 19.2 Å². The number of hydrogen-bond donors (Lipinski definition) is 5. The van der Waals surface area contributed by atoms with Gasteiger partial charge in [-0.2, -0.15) is 0 Å². The van der Waals surface area contributed by atoms with E-state index in [-0.39, 0.29) is 29.3 Å². The Morgan fingerprint density at radius 3 is 1.00 bits per heavy atom. The van der Waals surface area contributed by atoms with Crippen molar-refractivity contribution < 1.29 is 43.3 Å². The number of benzene rings is 2. The number of piperidine rings is 4. The Morgan fingerprint density at radius 1 is 0.445 bits per heavy atom. The average Bonchev–Trinajstić information content (AvgIpc) is 0.791. The number of carboxylic acids is 1. The molecule has 0 spiro atoms. The number of azide groups is 4. The highest BCUT2D eigenvalue weighted by atomic mass is 35.5. The minimum atomic E-state index is -1.12. The summed E-state index contributed by atoms with van der Waals surface area (Å²) in [6.45, 7) is 25.6. The SMILES string of the molecule is CC(C)(C)OC(=O)N1CCC(CN=[N+]=[N-])(C2CCCCC2)CC1.CC(C)(C)OC(=O)N[C@H](Cc1ccc(Cl)cc1)C(=O)N1CCC(CN=[N+]=[N-])(C2CCCCC2)CC1.CC(C)(C)OC(=O)N[C@H](Cc1ccc(Cl)cc1)C(=O)O.[N-]=[N+]=NCC1(C2CCCCC2)CCNCC1.[N-]=[N+]=NCC1(C2CCCCC2)CCNCC1. The number of alkyl carbamates (subject to hydrolysis) is 2. The molecule has 2 atom stereocenters. The van der Waals surface area contributed by atoms with Gasteiger partial charge in [0.05, 0.1) is 0 Å². The highest BCUT2D eigenvalue weighted by Crippen LogP contribution is 2.50. The standard InChI is InChI=1S/C26H38ClN5O3.C17H30N4O2.C14H18ClNO4.2C12H22N4/c1-25(2,3)35-24(34)30-22(17-19-9-11-21(27)12-10-19)23(33)32-15-13-26(14-16-32,18-29-31-28)20-7-5-4-6-8-20;1-16(2,3)23-15(22)21-11-9-17(10-12-21,13-19-20-18)14-7-5-4-6-8-14;1-14(2,3)20-13(19)16-11(12(17)18)8-9-4-6-10(15)7-5-9;2*13-16-15-10-12(6-8-14-9-7-12)11-4-2-1-3-5-11/h9-12,20,22H,4-8,13-18H2,1-3H3,(H,30,34);14H,4-13H2,1-3H3;4-7,11H,8H2,1-3H3,(H,16,19)(H,17,18);2*11,14H,1-10H2/t22-;;11-;;/m1.1../s1. The summed E-state index contributed by atoms with van der Waals surface area (Å²) in [7, 11) is 0. The summed E-state index contributed by atoms with van der Waals surface area (Å²) in [6, 6.07) is 12.3. The Morgan fingerprint density at radius 2 is 0.718 bits per heavy atom. The van der Waals surface area contributed by atoms with Crippen molar-refractivity contribution in [3.8, 4) is 0 Å². The molecule has 612 valence electrons. The number of carboxylic acid groups (broad SMARTS) is 1. The highest BCUT2D eigenvalue weighted by molar-refractivity contribution is 6.30. The summed E-state index contributed by atoms with van der Waals surface area (Å²) in [4.78, 5) is 76.8. The molecule has 8 aliphatic rings. The van der Waals surface area contributed by atoms with Crippen LogP contribution >= 0.6 is 23.2 Å². The zero-order valence-corrected chi connectivity index (χ0v) is 69.0. The van der Waals surface area contributed by atoms with Gasteiger partial charge in [-0.3, -0.25) is 4.79 Å². The average molecular weight is 1570 g/mol. The van der Waals surface area contributed by atoms with Crippen LogP contribution in [0.5, 0.6) is 0 Å². The molecular weight excluding hydrogens is 1440 g/mol. The van der Waals surface area contributed by atoms with Gasteiger partial charge in [0.25, 0.3) is 0 Å². The van der Waals surface area contributed by atoms with E-state index in [1.807, 2.05) is 42.7 Å². The third kappa shape index (κ3) is 31.1. The third-order valence-corrected chi connectivity index (χ3v) is 24.5. The van der Waals surface area contributed by atoms with Crippen molar-refractivity contribution in [2.45, 2.75) is 284 Å². The van der Waals surface area contributed by atoms with Crippen LogP contribution < -0.4 is 21.3 Å². The number of hydrogen-bond acceptors (Lipinski definition) is 14. The van der Waals surface area contributed by atoms with Gasteiger partial charge >= 0.3 is 24.2 Å². The van der Waals surface area contributed by atoms with E-state index in [9.17, 15) is 24.0 Å².